The number of ether oxygens (including phenoxy) is 1. The fourth-order valence-electron chi connectivity index (χ4n) is 2.64. The van der Waals surface area contributed by atoms with E-state index >= 15 is 0 Å². The molecule has 0 radical (unpaired) electrons. The summed E-state index contributed by atoms with van der Waals surface area (Å²) >= 11 is 13.3. The third kappa shape index (κ3) is 2.82. The number of thiophene rings is 1. The van der Waals surface area contributed by atoms with Gasteiger partial charge >= 0.3 is 0 Å². The lowest BCUT2D eigenvalue weighted by Gasteiger charge is -2.27. The van der Waals surface area contributed by atoms with Crippen LogP contribution in [0.1, 0.15) is 36.0 Å². The van der Waals surface area contributed by atoms with Gasteiger partial charge in [-0.3, -0.25) is 0 Å². The van der Waals surface area contributed by atoms with E-state index in [9.17, 15) is 5.11 Å². The van der Waals surface area contributed by atoms with Crippen molar-refractivity contribution in [3.8, 4) is 5.75 Å². The molecular weight excluding hydrogens is 315 g/mol. The molecule has 1 aromatic heterocycles. The van der Waals surface area contributed by atoms with Gasteiger partial charge < -0.3 is 9.84 Å². The molecule has 1 aromatic carbocycles. The standard InChI is InChI=1S/C15H14Cl2O2S/c16-14-8-11(15(17)20-14)12(18)7-9-5-6-19-13-4-2-1-3-10(9)13/h1-4,8-9,12,18H,5-7H2. The van der Waals surface area contributed by atoms with E-state index in [-0.39, 0.29) is 5.92 Å². The van der Waals surface area contributed by atoms with Crippen LogP contribution in [0.15, 0.2) is 30.3 Å². The van der Waals surface area contributed by atoms with Crippen LogP contribution in [0.4, 0.5) is 0 Å². The normalized spacial score (nSPS) is 19.2. The molecule has 0 bridgehead atoms. The second-order valence-electron chi connectivity index (χ2n) is 4.90. The third-order valence-electron chi connectivity index (χ3n) is 3.63. The number of hydrogen-bond donors (Lipinski definition) is 1. The highest BCUT2D eigenvalue weighted by Crippen LogP contribution is 2.42. The predicted molar refractivity (Wildman–Crippen MR) is 83.2 cm³/mol. The Hall–Kier alpha value is -0.740. The number of para-hydroxylation sites is 1. The fraction of sp³-hybridized carbons (Fsp3) is 0.333. The Kier molecular flexibility index (Phi) is 4.22. The molecule has 0 saturated carbocycles. The fourth-order valence-corrected chi connectivity index (χ4v) is 4.20. The molecule has 1 N–H and O–H groups in total. The minimum absolute atomic E-state index is 0.282. The highest BCUT2D eigenvalue weighted by Gasteiger charge is 2.25. The SMILES string of the molecule is OC(CC1CCOc2ccccc21)c1cc(Cl)sc1Cl. The summed E-state index contributed by atoms with van der Waals surface area (Å²) in [5.41, 5.74) is 1.89. The highest BCUT2D eigenvalue weighted by molar-refractivity contribution is 7.20. The number of aliphatic hydroxyl groups is 1. The summed E-state index contributed by atoms with van der Waals surface area (Å²) < 4.78 is 6.82. The second kappa shape index (κ2) is 5.94. The van der Waals surface area contributed by atoms with E-state index in [4.69, 9.17) is 27.9 Å². The van der Waals surface area contributed by atoms with Crippen molar-refractivity contribution >= 4 is 34.5 Å². The molecule has 2 aromatic rings. The molecule has 5 heteroatoms. The molecule has 1 aliphatic rings. The van der Waals surface area contributed by atoms with Crippen molar-refractivity contribution in [1.82, 2.24) is 0 Å². The van der Waals surface area contributed by atoms with E-state index in [1.165, 1.54) is 11.3 Å². The van der Waals surface area contributed by atoms with Gasteiger partial charge in [0.05, 0.1) is 17.0 Å². The van der Waals surface area contributed by atoms with Gasteiger partial charge in [0.25, 0.3) is 0 Å². The molecule has 1 aliphatic heterocycles. The molecule has 0 fully saturated rings. The van der Waals surface area contributed by atoms with Crippen LogP contribution in [0.3, 0.4) is 0 Å². The lowest BCUT2D eigenvalue weighted by atomic mass is 9.87. The van der Waals surface area contributed by atoms with Crippen LogP contribution in [0.5, 0.6) is 5.75 Å². The van der Waals surface area contributed by atoms with E-state index in [0.717, 1.165) is 23.3 Å². The maximum atomic E-state index is 10.4. The van der Waals surface area contributed by atoms with Crippen molar-refractivity contribution < 1.29 is 9.84 Å². The van der Waals surface area contributed by atoms with Crippen molar-refractivity contribution in [2.45, 2.75) is 24.9 Å². The summed E-state index contributed by atoms with van der Waals surface area (Å²) in [6, 6.07) is 9.76. The maximum Gasteiger partial charge on any atom is 0.122 e. The maximum absolute atomic E-state index is 10.4. The summed E-state index contributed by atoms with van der Waals surface area (Å²) in [6.07, 6.45) is 0.943. The molecule has 2 nitrogen and oxygen atoms in total. The quantitative estimate of drug-likeness (QED) is 0.854. The minimum atomic E-state index is -0.595. The number of rotatable bonds is 3. The predicted octanol–water partition coefficient (Wildman–Crippen LogP) is 5.04. The van der Waals surface area contributed by atoms with Gasteiger partial charge in [0, 0.05) is 5.56 Å². The molecule has 2 heterocycles. The second-order valence-corrected chi connectivity index (χ2v) is 7.19. The van der Waals surface area contributed by atoms with Crippen LogP contribution in [0, 0.1) is 0 Å². The third-order valence-corrected chi connectivity index (χ3v) is 5.15. The number of aliphatic hydroxyl groups excluding tert-OH is 1. The van der Waals surface area contributed by atoms with Crippen LogP contribution < -0.4 is 4.74 Å². The first-order chi connectivity index (χ1) is 9.65. The zero-order chi connectivity index (χ0) is 14.1. The molecule has 0 saturated heterocycles. The van der Waals surface area contributed by atoms with Crippen LogP contribution in [-0.2, 0) is 0 Å². The first kappa shape index (κ1) is 14.2. The number of halogens is 2. The van der Waals surface area contributed by atoms with Crippen molar-refractivity contribution in [2.24, 2.45) is 0 Å². The van der Waals surface area contributed by atoms with Crippen molar-refractivity contribution in [1.29, 1.82) is 0 Å². The molecule has 20 heavy (non-hydrogen) atoms. The number of benzene rings is 1. The zero-order valence-electron chi connectivity index (χ0n) is 10.7. The average Bonchev–Trinajstić information content (AvgIpc) is 2.78. The number of hydrogen-bond acceptors (Lipinski definition) is 3. The topological polar surface area (TPSA) is 29.5 Å². The largest absolute Gasteiger partial charge is 0.493 e. The van der Waals surface area contributed by atoms with Gasteiger partial charge in [0.15, 0.2) is 0 Å². The molecule has 0 spiro atoms. The van der Waals surface area contributed by atoms with Crippen LogP contribution in [0.25, 0.3) is 0 Å². The first-order valence-electron chi connectivity index (χ1n) is 6.49. The average molecular weight is 329 g/mol. The van der Waals surface area contributed by atoms with Crippen molar-refractivity contribution in [3.05, 3.63) is 50.1 Å². The summed E-state index contributed by atoms with van der Waals surface area (Å²) in [7, 11) is 0. The molecular formula is C15H14Cl2O2S. The van der Waals surface area contributed by atoms with Gasteiger partial charge in [0.2, 0.25) is 0 Å². The lowest BCUT2D eigenvalue weighted by molar-refractivity contribution is 0.145. The van der Waals surface area contributed by atoms with Gasteiger partial charge in [-0.25, -0.2) is 0 Å². The summed E-state index contributed by atoms with van der Waals surface area (Å²) in [4.78, 5) is 0. The monoisotopic (exact) mass is 328 g/mol. The van der Waals surface area contributed by atoms with Crippen LogP contribution in [0.2, 0.25) is 8.67 Å². The number of fused-ring (bicyclic) bond motifs is 1. The Morgan fingerprint density at radius 1 is 1.35 bits per heavy atom. The van der Waals surface area contributed by atoms with Gasteiger partial charge in [-0.15, -0.1) is 11.3 Å². The lowest BCUT2D eigenvalue weighted by Crippen LogP contribution is -2.16. The molecule has 2 atom stereocenters. The zero-order valence-corrected chi connectivity index (χ0v) is 13.0. The summed E-state index contributed by atoms with van der Waals surface area (Å²) in [5.74, 6) is 1.20. The van der Waals surface area contributed by atoms with E-state index in [1.807, 2.05) is 18.2 Å². The van der Waals surface area contributed by atoms with Crippen molar-refractivity contribution in [3.63, 3.8) is 0 Å². The Morgan fingerprint density at radius 3 is 2.90 bits per heavy atom. The van der Waals surface area contributed by atoms with E-state index in [0.29, 0.717) is 21.7 Å². The van der Waals surface area contributed by atoms with E-state index < -0.39 is 6.10 Å². The highest BCUT2D eigenvalue weighted by atomic mass is 35.5. The molecule has 3 rings (SSSR count). The Morgan fingerprint density at radius 2 is 2.15 bits per heavy atom. The van der Waals surface area contributed by atoms with Gasteiger partial charge in [-0.2, -0.15) is 0 Å². The summed E-state index contributed by atoms with van der Waals surface area (Å²) in [5, 5.41) is 10.4. The molecule has 2 unspecified atom stereocenters. The van der Waals surface area contributed by atoms with E-state index in [2.05, 4.69) is 6.07 Å². The minimum Gasteiger partial charge on any atom is -0.493 e. The van der Waals surface area contributed by atoms with Gasteiger partial charge in [-0.05, 0) is 36.5 Å². The summed E-state index contributed by atoms with van der Waals surface area (Å²) in [6.45, 7) is 0.687. The van der Waals surface area contributed by atoms with Crippen molar-refractivity contribution in [2.75, 3.05) is 6.61 Å². The molecule has 0 amide bonds. The smallest absolute Gasteiger partial charge is 0.122 e. The molecule has 0 aliphatic carbocycles. The Labute approximate surface area is 131 Å². The van der Waals surface area contributed by atoms with E-state index in [1.54, 1.807) is 6.07 Å². The van der Waals surface area contributed by atoms with Crippen LogP contribution >= 0.6 is 34.5 Å². The van der Waals surface area contributed by atoms with Gasteiger partial charge in [-0.1, -0.05) is 41.4 Å². The van der Waals surface area contributed by atoms with Gasteiger partial charge in [0.1, 0.15) is 10.1 Å². The Bertz CT molecular complexity index is 612. The Balaban J connectivity index is 1.80. The van der Waals surface area contributed by atoms with Crippen LogP contribution in [-0.4, -0.2) is 11.7 Å². The molecule has 106 valence electrons. The first-order valence-corrected chi connectivity index (χ1v) is 8.07.